The lowest BCUT2D eigenvalue weighted by molar-refractivity contribution is 0.582. The third kappa shape index (κ3) is 25.2. The molecule has 0 aliphatic carbocycles. The van der Waals surface area contributed by atoms with Crippen molar-refractivity contribution in [1.29, 1.82) is 0 Å². The Morgan fingerprint density at radius 3 is 1.73 bits per heavy atom. The van der Waals surface area contributed by atoms with Crippen molar-refractivity contribution < 1.29 is 0 Å². The standard InChI is InChI=1S/C9H23N3.3ClH/c1-11-7-4-5-9-12-8-3-2-6-10;;;/h11-12H,2-10H2,1H3;3*1H. The molecule has 0 aromatic rings. The lowest BCUT2D eigenvalue weighted by atomic mass is 10.3. The maximum atomic E-state index is 5.37. The van der Waals surface area contributed by atoms with E-state index in [4.69, 9.17) is 5.73 Å². The van der Waals surface area contributed by atoms with Crippen LogP contribution in [0.2, 0.25) is 0 Å². The van der Waals surface area contributed by atoms with Crippen molar-refractivity contribution in [3.63, 3.8) is 0 Å². The van der Waals surface area contributed by atoms with Gasteiger partial charge in [0.2, 0.25) is 0 Å². The van der Waals surface area contributed by atoms with E-state index < -0.39 is 0 Å². The Kier molecular flexibility index (Phi) is 39.9. The third-order valence-corrected chi connectivity index (χ3v) is 1.84. The second kappa shape index (κ2) is 24.1. The van der Waals surface area contributed by atoms with Crippen molar-refractivity contribution in [3.8, 4) is 0 Å². The third-order valence-electron chi connectivity index (χ3n) is 1.84. The highest BCUT2D eigenvalue weighted by Crippen LogP contribution is 1.86. The Balaban J connectivity index is -0.000000202. The highest BCUT2D eigenvalue weighted by molar-refractivity contribution is 5.86. The predicted molar refractivity (Wildman–Crippen MR) is 76.1 cm³/mol. The Morgan fingerprint density at radius 2 is 1.27 bits per heavy atom. The quantitative estimate of drug-likeness (QED) is 0.563. The zero-order chi connectivity index (χ0) is 9.07. The molecule has 3 nitrogen and oxygen atoms in total. The van der Waals surface area contributed by atoms with Gasteiger partial charge < -0.3 is 16.4 Å². The summed E-state index contributed by atoms with van der Waals surface area (Å²) in [5.41, 5.74) is 5.37. The first kappa shape index (κ1) is 24.8. The van der Waals surface area contributed by atoms with Crippen LogP contribution < -0.4 is 16.4 Å². The Bertz CT molecular complexity index is 77.0. The fourth-order valence-corrected chi connectivity index (χ4v) is 1.07. The summed E-state index contributed by atoms with van der Waals surface area (Å²) in [6, 6.07) is 0. The summed E-state index contributed by atoms with van der Waals surface area (Å²) in [4.78, 5) is 0. The molecule has 0 atom stereocenters. The number of halogens is 3. The molecule has 15 heavy (non-hydrogen) atoms. The maximum absolute atomic E-state index is 5.37. The SMILES string of the molecule is CNCCCCNCCCCN.Cl.Cl.Cl. The van der Waals surface area contributed by atoms with Gasteiger partial charge in [-0.05, 0) is 58.9 Å². The van der Waals surface area contributed by atoms with E-state index >= 15 is 0 Å². The molecule has 0 spiro atoms. The van der Waals surface area contributed by atoms with Crippen LogP contribution in [0.1, 0.15) is 25.7 Å². The first-order valence-electron chi connectivity index (χ1n) is 4.97. The maximum Gasteiger partial charge on any atom is -0.00484 e. The number of unbranched alkanes of at least 4 members (excludes halogenated alkanes) is 2. The molecule has 0 rings (SSSR count). The molecule has 0 radical (unpaired) electrons. The second-order valence-electron chi connectivity index (χ2n) is 3.06. The summed E-state index contributed by atoms with van der Waals surface area (Å²) in [7, 11) is 1.99. The number of nitrogens with two attached hydrogens (primary N) is 1. The van der Waals surface area contributed by atoms with Crippen molar-refractivity contribution in [2.75, 3.05) is 33.2 Å². The van der Waals surface area contributed by atoms with Crippen LogP contribution in [-0.2, 0) is 0 Å². The molecule has 0 aromatic heterocycles. The van der Waals surface area contributed by atoms with Gasteiger partial charge in [-0.2, -0.15) is 0 Å². The van der Waals surface area contributed by atoms with Crippen LogP contribution in [0.4, 0.5) is 0 Å². The van der Waals surface area contributed by atoms with Gasteiger partial charge in [0, 0.05) is 0 Å². The van der Waals surface area contributed by atoms with E-state index in [-0.39, 0.29) is 37.2 Å². The second-order valence-corrected chi connectivity index (χ2v) is 3.06. The van der Waals surface area contributed by atoms with Crippen molar-refractivity contribution >= 4 is 37.2 Å². The number of rotatable bonds is 9. The minimum absolute atomic E-state index is 0. The zero-order valence-electron chi connectivity index (χ0n) is 9.46. The number of nitrogens with one attached hydrogen (secondary N) is 2. The molecule has 98 valence electrons. The first-order valence-corrected chi connectivity index (χ1v) is 4.97. The summed E-state index contributed by atoms with van der Waals surface area (Å²) in [5, 5.41) is 6.53. The van der Waals surface area contributed by atoms with Crippen molar-refractivity contribution in [2.45, 2.75) is 25.7 Å². The smallest absolute Gasteiger partial charge is 0.00484 e. The molecular formula is C9H26Cl3N3. The first-order chi connectivity index (χ1) is 5.91. The molecule has 0 saturated heterocycles. The zero-order valence-corrected chi connectivity index (χ0v) is 11.9. The van der Waals surface area contributed by atoms with E-state index in [0.29, 0.717) is 0 Å². The average Bonchev–Trinajstić information content (AvgIpc) is 2.10. The van der Waals surface area contributed by atoms with Gasteiger partial charge in [0.05, 0.1) is 0 Å². The highest BCUT2D eigenvalue weighted by atomic mass is 35.5. The van der Waals surface area contributed by atoms with Gasteiger partial charge in [-0.3, -0.25) is 0 Å². The Hall–Kier alpha value is 0.750. The molecule has 0 heterocycles. The van der Waals surface area contributed by atoms with Gasteiger partial charge in [-0.1, -0.05) is 0 Å². The Labute approximate surface area is 113 Å². The summed E-state index contributed by atoms with van der Waals surface area (Å²) < 4.78 is 0. The van der Waals surface area contributed by atoms with E-state index in [1.807, 2.05) is 7.05 Å². The summed E-state index contributed by atoms with van der Waals surface area (Å²) >= 11 is 0. The van der Waals surface area contributed by atoms with Crippen molar-refractivity contribution in [3.05, 3.63) is 0 Å². The Morgan fingerprint density at radius 1 is 0.800 bits per heavy atom. The van der Waals surface area contributed by atoms with E-state index in [1.54, 1.807) is 0 Å². The van der Waals surface area contributed by atoms with Crippen LogP contribution in [0.3, 0.4) is 0 Å². The summed E-state index contributed by atoms with van der Waals surface area (Å²) in [5.74, 6) is 0. The van der Waals surface area contributed by atoms with Gasteiger partial charge in [0.15, 0.2) is 0 Å². The topological polar surface area (TPSA) is 50.1 Å². The van der Waals surface area contributed by atoms with Gasteiger partial charge in [-0.15, -0.1) is 37.2 Å². The van der Waals surface area contributed by atoms with Crippen LogP contribution in [0.25, 0.3) is 0 Å². The normalized spacial score (nSPS) is 8.40. The monoisotopic (exact) mass is 281 g/mol. The molecule has 0 aliphatic rings. The van der Waals surface area contributed by atoms with Crippen molar-refractivity contribution in [2.24, 2.45) is 5.73 Å². The highest BCUT2D eigenvalue weighted by Gasteiger charge is 1.88. The molecule has 0 bridgehead atoms. The lowest BCUT2D eigenvalue weighted by Gasteiger charge is -2.03. The van der Waals surface area contributed by atoms with Gasteiger partial charge >= 0.3 is 0 Å². The number of hydrogen-bond donors (Lipinski definition) is 3. The molecule has 0 saturated carbocycles. The fraction of sp³-hybridized carbons (Fsp3) is 1.00. The molecule has 0 unspecified atom stereocenters. The predicted octanol–water partition coefficient (Wildman–Crippen LogP) is 1.58. The minimum atomic E-state index is 0. The van der Waals surface area contributed by atoms with Gasteiger partial charge in [-0.25, -0.2) is 0 Å². The van der Waals surface area contributed by atoms with Gasteiger partial charge in [0.1, 0.15) is 0 Å². The van der Waals surface area contributed by atoms with Gasteiger partial charge in [0.25, 0.3) is 0 Å². The average molecular weight is 283 g/mol. The number of hydrogen-bond acceptors (Lipinski definition) is 3. The fourth-order valence-electron chi connectivity index (χ4n) is 1.07. The molecule has 0 fully saturated rings. The largest absolute Gasteiger partial charge is 0.330 e. The van der Waals surface area contributed by atoms with E-state index in [0.717, 1.165) is 32.6 Å². The molecule has 0 amide bonds. The summed E-state index contributed by atoms with van der Waals surface area (Å²) in [6.07, 6.45) is 4.88. The van der Waals surface area contributed by atoms with E-state index in [9.17, 15) is 0 Å². The lowest BCUT2D eigenvalue weighted by Crippen LogP contribution is -2.19. The van der Waals surface area contributed by atoms with Crippen molar-refractivity contribution in [1.82, 2.24) is 10.6 Å². The van der Waals surface area contributed by atoms with Crippen LogP contribution >= 0.6 is 37.2 Å². The van der Waals surface area contributed by atoms with E-state index in [1.165, 1.54) is 19.3 Å². The molecule has 0 aromatic carbocycles. The van der Waals surface area contributed by atoms with Crippen LogP contribution in [0, 0.1) is 0 Å². The molecule has 4 N–H and O–H groups in total. The van der Waals surface area contributed by atoms with Crippen LogP contribution in [0.5, 0.6) is 0 Å². The van der Waals surface area contributed by atoms with E-state index in [2.05, 4.69) is 10.6 Å². The van der Waals surface area contributed by atoms with Crippen LogP contribution in [0.15, 0.2) is 0 Å². The summed E-state index contributed by atoms with van der Waals surface area (Å²) in [6.45, 7) is 4.22. The van der Waals surface area contributed by atoms with Crippen LogP contribution in [-0.4, -0.2) is 33.2 Å². The molecule has 6 heteroatoms. The minimum Gasteiger partial charge on any atom is -0.330 e. The molecule has 0 aliphatic heterocycles. The molecular weight excluding hydrogens is 256 g/mol.